The lowest BCUT2D eigenvalue weighted by molar-refractivity contribution is 0.965. The summed E-state index contributed by atoms with van der Waals surface area (Å²) in [4.78, 5) is 4.45. The quantitative estimate of drug-likeness (QED) is 0.673. The van der Waals surface area contributed by atoms with E-state index in [1.807, 2.05) is 31.2 Å². The number of rotatable bonds is 5. The van der Waals surface area contributed by atoms with Crippen molar-refractivity contribution < 1.29 is 0 Å². The van der Waals surface area contributed by atoms with Crippen molar-refractivity contribution in [1.29, 1.82) is 0 Å². The van der Waals surface area contributed by atoms with Crippen LogP contribution in [0.15, 0.2) is 53.1 Å². The van der Waals surface area contributed by atoms with E-state index in [2.05, 4.69) is 66.9 Å². The highest BCUT2D eigenvalue weighted by Crippen LogP contribution is 2.22. The molecule has 0 spiro atoms. The standard InChI is InChI=1S/C18H18BrN5/c1-12-4-3-5-14(8-12)10-20-17-11-21-24-18(23-17)22-15-7-6-13(2)16(19)9-15/h3-9,11H,10H2,1-2H3,(H2,20,22,23,24). The molecule has 6 heteroatoms. The number of aryl methyl sites for hydroxylation is 2. The summed E-state index contributed by atoms with van der Waals surface area (Å²) in [5, 5.41) is 14.5. The molecule has 0 fully saturated rings. The summed E-state index contributed by atoms with van der Waals surface area (Å²) in [5.41, 5.74) is 4.52. The van der Waals surface area contributed by atoms with Crippen LogP contribution in [0.4, 0.5) is 17.5 Å². The van der Waals surface area contributed by atoms with Gasteiger partial charge in [-0.3, -0.25) is 0 Å². The molecule has 122 valence electrons. The summed E-state index contributed by atoms with van der Waals surface area (Å²) in [7, 11) is 0. The van der Waals surface area contributed by atoms with Crippen LogP contribution in [0.3, 0.4) is 0 Å². The number of aromatic nitrogens is 3. The van der Waals surface area contributed by atoms with Gasteiger partial charge in [-0.1, -0.05) is 51.8 Å². The summed E-state index contributed by atoms with van der Waals surface area (Å²) in [5.74, 6) is 1.14. The molecule has 0 aliphatic heterocycles. The summed E-state index contributed by atoms with van der Waals surface area (Å²) in [6.45, 7) is 4.81. The monoisotopic (exact) mass is 383 g/mol. The fourth-order valence-corrected chi connectivity index (χ4v) is 2.63. The summed E-state index contributed by atoms with van der Waals surface area (Å²) in [6.07, 6.45) is 1.62. The van der Waals surface area contributed by atoms with E-state index in [0.29, 0.717) is 18.3 Å². The SMILES string of the molecule is Cc1cccc(CNc2cnnc(Nc3ccc(C)c(Br)c3)n2)c1. The molecule has 2 N–H and O–H groups in total. The van der Waals surface area contributed by atoms with E-state index in [9.17, 15) is 0 Å². The van der Waals surface area contributed by atoms with Gasteiger partial charge in [0.1, 0.15) is 0 Å². The molecule has 0 radical (unpaired) electrons. The minimum absolute atomic E-state index is 0.458. The second-order valence-electron chi connectivity index (χ2n) is 5.60. The molecule has 0 unspecified atom stereocenters. The predicted molar refractivity (Wildman–Crippen MR) is 100 cm³/mol. The Hall–Kier alpha value is -2.47. The first kappa shape index (κ1) is 16.4. The Labute approximate surface area is 149 Å². The van der Waals surface area contributed by atoms with Crippen molar-refractivity contribution in [2.75, 3.05) is 10.6 Å². The van der Waals surface area contributed by atoms with Gasteiger partial charge in [0.2, 0.25) is 5.95 Å². The molecule has 24 heavy (non-hydrogen) atoms. The Morgan fingerprint density at radius 2 is 1.96 bits per heavy atom. The molecule has 2 aromatic carbocycles. The molecule has 0 atom stereocenters. The number of benzene rings is 2. The first-order valence-corrected chi connectivity index (χ1v) is 8.42. The maximum absolute atomic E-state index is 4.45. The van der Waals surface area contributed by atoms with Crippen LogP contribution in [0.1, 0.15) is 16.7 Å². The molecule has 0 amide bonds. The fraction of sp³-hybridized carbons (Fsp3) is 0.167. The lowest BCUT2D eigenvalue weighted by atomic mass is 10.1. The Kier molecular flexibility index (Phi) is 5.05. The highest BCUT2D eigenvalue weighted by atomic mass is 79.9. The molecular weight excluding hydrogens is 366 g/mol. The van der Waals surface area contributed by atoms with Gasteiger partial charge in [-0.2, -0.15) is 10.1 Å². The van der Waals surface area contributed by atoms with Gasteiger partial charge in [-0.15, -0.1) is 5.10 Å². The Balaban J connectivity index is 1.68. The molecular formula is C18H18BrN5. The van der Waals surface area contributed by atoms with E-state index < -0.39 is 0 Å². The van der Waals surface area contributed by atoms with E-state index >= 15 is 0 Å². The first-order chi connectivity index (χ1) is 11.6. The number of hydrogen-bond acceptors (Lipinski definition) is 5. The van der Waals surface area contributed by atoms with Crippen molar-refractivity contribution >= 4 is 33.4 Å². The van der Waals surface area contributed by atoms with Crippen LogP contribution in [-0.2, 0) is 6.54 Å². The lowest BCUT2D eigenvalue weighted by Crippen LogP contribution is -2.05. The summed E-state index contributed by atoms with van der Waals surface area (Å²) < 4.78 is 1.04. The van der Waals surface area contributed by atoms with Crippen LogP contribution in [0.5, 0.6) is 0 Å². The van der Waals surface area contributed by atoms with Gasteiger partial charge in [-0.05, 0) is 37.1 Å². The second kappa shape index (κ2) is 7.40. The molecule has 1 aromatic heterocycles. The molecule has 0 aliphatic carbocycles. The van der Waals surface area contributed by atoms with Crippen LogP contribution in [0, 0.1) is 13.8 Å². The van der Waals surface area contributed by atoms with E-state index in [1.165, 1.54) is 16.7 Å². The van der Waals surface area contributed by atoms with E-state index in [1.54, 1.807) is 6.20 Å². The number of anilines is 3. The van der Waals surface area contributed by atoms with Crippen molar-refractivity contribution in [2.24, 2.45) is 0 Å². The van der Waals surface area contributed by atoms with Crippen LogP contribution < -0.4 is 10.6 Å². The largest absolute Gasteiger partial charge is 0.365 e. The van der Waals surface area contributed by atoms with Crippen LogP contribution in [-0.4, -0.2) is 15.2 Å². The third-order valence-electron chi connectivity index (χ3n) is 3.54. The second-order valence-corrected chi connectivity index (χ2v) is 6.45. The average molecular weight is 384 g/mol. The first-order valence-electron chi connectivity index (χ1n) is 7.62. The maximum Gasteiger partial charge on any atom is 0.249 e. The van der Waals surface area contributed by atoms with Gasteiger partial charge in [0.05, 0.1) is 6.20 Å². The molecule has 3 aromatic rings. The maximum atomic E-state index is 4.45. The zero-order valence-corrected chi connectivity index (χ0v) is 15.1. The van der Waals surface area contributed by atoms with E-state index in [-0.39, 0.29) is 0 Å². The number of nitrogens with one attached hydrogen (secondary N) is 2. The minimum atomic E-state index is 0.458. The van der Waals surface area contributed by atoms with Gasteiger partial charge in [0, 0.05) is 16.7 Å². The zero-order valence-electron chi connectivity index (χ0n) is 13.5. The number of halogens is 1. The molecule has 3 rings (SSSR count). The van der Waals surface area contributed by atoms with E-state index in [4.69, 9.17) is 0 Å². The van der Waals surface area contributed by atoms with Gasteiger partial charge < -0.3 is 10.6 Å². The highest BCUT2D eigenvalue weighted by Gasteiger charge is 2.03. The third kappa shape index (κ3) is 4.29. The van der Waals surface area contributed by atoms with Gasteiger partial charge in [-0.25, -0.2) is 0 Å². The topological polar surface area (TPSA) is 62.7 Å². The summed E-state index contributed by atoms with van der Waals surface area (Å²) >= 11 is 3.52. The Morgan fingerprint density at radius 3 is 2.75 bits per heavy atom. The molecule has 0 saturated carbocycles. The molecule has 0 saturated heterocycles. The third-order valence-corrected chi connectivity index (χ3v) is 4.40. The van der Waals surface area contributed by atoms with Crippen molar-refractivity contribution in [3.05, 3.63) is 69.8 Å². The highest BCUT2D eigenvalue weighted by molar-refractivity contribution is 9.10. The summed E-state index contributed by atoms with van der Waals surface area (Å²) in [6, 6.07) is 14.4. The minimum Gasteiger partial charge on any atom is -0.365 e. The smallest absolute Gasteiger partial charge is 0.249 e. The van der Waals surface area contributed by atoms with Gasteiger partial charge >= 0.3 is 0 Å². The van der Waals surface area contributed by atoms with Crippen LogP contribution in [0.25, 0.3) is 0 Å². The van der Waals surface area contributed by atoms with Crippen LogP contribution >= 0.6 is 15.9 Å². The van der Waals surface area contributed by atoms with Gasteiger partial charge in [0.25, 0.3) is 0 Å². The predicted octanol–water partition coefficient (Wildman–Crippen LogP) is 4.61. The van der Waals surface area contributed by atoms with Crippen molar-refractivity contribution in [3.8, 4) is 0 Å². The normalized spacial score (nSPS) is 10.5. The molecule has 0 aliphatic rings. The number of hydrogen-bond donors (Lipinski definition) is 2. The Morgan fingerprint density at radius 1 is 1.08 bits per heavy atom. The molecule has 0 bridgehead atoms. The van der Waals surface area contributed by atoms with Crippen molar-refractivity contribution in [2.45, 2.75) is 20.4 Å². The zero-order chi connectivity index (χ0) is 16.9. The fourth-order valence-electron chi connectivity index (χ4n) is 2.26. The average Bonchev–Trinajstić information content (AvgIpc) is 2.57. The molecule has 5 nitrogen and oxygen atoms in total. The molecule has 1 heterocycles. The van der Waals surface area contributed by atoms with Crippen molar-refractivity contribution in [3.63, 3.8) is 0 Å². The van der Waals surface area contributed by atoms with Gasteiger partial charge in [0.15, 0.2) is 5.82 Å². The van der Waals surface area contributed by atoms with Crippen LogP contribution in [0.2, 0.25) is 0 Å². The Bertz CT molecular complexity index is 850. The van der Waals surface area contributed by atoms with E-state index in [0.717, 1.165) is 10.2 Å². The number of nitrogens with zero attached hydrogens (tertiary/aromatic N) is 3. The van der Waals surface area contributed by atoms with Crippen molar-refractivity contribution in [1.82, 2.24) is 15.2 Å². The lowest BCUT2D eigenvalue weighted by Gasteiger charge is -2.09.